The third-order valence-corrected chi connectivity index (χ3v) is 6.90. The topological polar surface area (TPSA) is 72.8 Å². The molecule has 2 aliphatic carbocycles. The lowest BCUT2D eigenvalue weighted by molar-refractivity contribution is -0.176. The van der Waals surface area contributed by atoms with E-state index in [-0.39, 0.29) is 30.4 Å². The molecule has 0 saturated carbocycles. The number of hydrogen-bond donors (Lipinski definition) is 1. The lowest BCUT2D eigenvalue weighted by atomic mass is 9.64. The second kappa shape index (κ2) is 8.49. The zero-order chi connectivity index (χ0) is 22.3. The van der Waals surface area contributed by atoms with Crippen molar-refractivity contribution in [1.29, 1.82) is 0 Å². The van der Waals surface area contributed by atoms with Crippen molar-refractivity contribution in [1.82, 2.24) is 0 Å². The number of aliphatic hydroxyl groups is 1. The third kappa shape index (κ3) is 5.16. The molecule has 0 aromatic rings. The number of cyclic esters (lactones) is 1. The quantitative estimate of drug-likeness (QED) is 0.676. The van der Waals surface area contributed by atoms with Gasteiger partial charge in [-0.05, 0) is 70.3 Å². The predicted molar refractivity (Wildman–Crippen MR) is 115 cm³/mol. The molecule has 0 aromatic heterocycles. The summed E-state index contributed by atoms with van der Waals surface area (Å²) in [5, 5.41) is 10.1. The molecule has 1 aliphatic heterocycles. The Labute approximate surface area is 180 Å². The van der Waals surface area contributed by atoms with E-state index in [4.69, 9.17) is 9.47 Å². The summed E-state index contributed by atoms with van der Waals surface area (Å²) >= 11 is 0. The van der Waals surface area contributed by atoms with Gasteiger partial charge in [-0.3, -0.25) is 9.59 Å². The highest BCUT2D eigenvalue weighted by Crippen LogP contribution is 2.46. The van der Waals surface area contributed by atoms with Crippen LogP contribution in [-0.2, 0) is 19.1 Å². The Hall–Kier alpha value is -1.62. The number of rotatable bonds is 4. The molecule has 1 saturated heterocycles. The number of ether oxygens (including phenoxy) is 2. The van der Waals surface area contributed by atoms with Crippen LogP contribution in [0.5, 0.6) is 0 Å². The van der Waals surface area contributed by atoms with Crippen LogP contribution in [-0.4, -0.2) is 34.9 Å². The van der Waals surface area contributed by atoms with Gasteiger partial charge in [-0.25, -0.2) is 0 Å². The second-order valence-electron chi connectivity index (χ2n) is 11.0. The van der Waals surface area contributed by atoms with Gasteiger partial charge in [0.25, 0.3) is 0 Å². The summed E-state index contributed by atoms with van der Waals surface area (Å²) in [6, 6.07) is 0. The highest BCUT2D eigenvalue weighted by atomic mass is 16.6. The summed E-state index contributed by atoms with van der Waals surface area (Å²) in [6.07, 6.45) is 8.91. The van der Waals surface area contributed by atoms with Crippen molar-refractivity contribution >= 4 is 11.9 Å². The zero-order valence-electron chi connectivity index (χ0n) is 19.3. The van der Waals surface area contributed by atoms with Gasteiger partial charge in [0.1, 0.15) is 11.7 Å². The van der Waals surface area contributed by atoms with Gasteiger partial charge in [-0.15, -0.1) is 0 Å². The Bertz CT molecular complexity index is 730. The minimum atomic E-state index is -0.640. The average molecular weight is 419 g/mol. The number of allylic oxidation sites excluding steroid dienone is 3. The van der Waals surface area contributed by atoms with Gasteiger partial charge < -0.3 is 14.6 Å². The van der Waals surface area contributed by atoms with Gasteiger partial charge in [-0.1, -0.05) is 32.1 Å². The molecule has 0 unspecified atom stereocenters. The first-order chi connectivity index (χ1) is 13.9. The van der Waals surface area contributed by atoms with Gasteiger partial charge in [0.05, 0.1) is 17.9 Å². The maximum Gasteiger partial charge on any atom is 0.311 e. The van der Waals surface area contributed by atoms with E-state index in [0.29, 0.717) is 30.6 Å². The first-order valence-corrected chi connectivity index (χ1v) is 11.4. The second-order valence-corrected chi connectivity index (χ2v) is 11.0. The zero-order valence-corrected chi connectivity index (χ0v) is 19.3. The van der Waals surface area contributed by atoms with Crippen molar-refractivity contribution in [2.24, 2.45) is 29.1 Å². The number of hydrogen-bond acceptors (Lipinski definition) is 5. The highest BCUT2D eigenvalue weighted by Gasteiger charge is 2.44. The molecule has 1 fully saturated rings. The molecule has 30 heavy (non-hydrogen) atoms. The fourth-order valence-electron chi connectivity index (χ4n) is 5.28. The van der Waals surface area contributed by atoms with Crippen molar-refractivity contribution in [3.8, 4) is 0 Å². The lowest BCUT2D eigenvalue weighted by Gasteiger charge is -2.45. The van der Waals surface area contributed by atoms with E-state index in [1.165, 1.54) is 5.57 Å². The molecule has 0 amide bonds. The normalized spacial score (nSPS) is 39.0. The number of carbonyl (C=O) groups excluding carboxylic acids is 2. The van der Waals surface area contributed by atoms with Gasteiger partial charge in [0, 0.05) is 12.3 Å². The monoisotopic (exact) mass is 418 g/mol. The maximum absolute atomic E-state index is 12.7. The summed E-state index contributed by atoms with van der Waals surface area (Å²) in [5.41, 5.74) is 0.0872. The van der Waals surface area contributed by atoms with Crippen LogP contribution in [0.2, 0.25) is 0 Å². The Balaban J connectivity index is 1.80. The van der Waals surface area contributed by atoms with Crippen LogP contribution in [0.1, 0.15) is 73.6 Å². The SMILES string of the molecule is C[C@H]1C=C2C=C[C@H](C)[C@H](CC[C@@]3(C)C[C@@H](O)CC(=O)O3)[C@H]2[C@@H](OC(=O)C(C)(C)C)C1. The Morgan fingerprint density at radius 3 is 2.67 bits per heavy atom. The molecule has 0 aromatic carbocycles. The maximum atomic E-state index is 12.7. The Morgan fingerprint density at radius 2 is 2.03 bits per heavy atom. The summed E-state index contributed by atoms with van der Waals surface area (Å²) in [4.78, 5) is 24.6. The fraction of sp³-hybridized carbons (Fsp3) is 0.760. The van der Waals surface area contributed by atoms with Gasteiger partial charge in [0.2, 0.25) is 0 Å². The number of aliphatic hydroxyl groups excluding tert-OH is 1. The van der Waals surface area contributed by atoms with Crippen LogP contribution in [0.3, 0.4) is 0 Å². The molecule has 0 spiro atoms. The number of fused-ring (bicyclic) bond motifs is 1. The molecule has 3 aliphatic rings. The van der Waals surface area contributed by atoms with Crippen LogP contribution >= 0.6 is 0 Å². The standard InChI is InChI=1S/C25H38O5/c1-15-11-17-8-7-16(2)19(9-10-25(6)14-18(26)13-21(27)30-25)22(17)20(12-15)29-23(28)24(3,4)5/h7-8,11,15-16,18-20,22,26H,9-10,12-14H2,1-6H3/t15-,16-,18-,19-,20-,22-,25-/m0/s1. The van der Waals surface area contributed by atoms with Crippen LogP contribution in [0.25, 0.3) is 0 Å². The summed E-state index contributed by atoms with van der Waals surface area (Å²) < 4.78 is 11.7. The van der Waals surface area contributed by atoms with Crippen molar-refractivity contribution in [3.05, 3.63) is 23.8 Å². The van der Waals surface area contributed by atoms with Crippen molar-refractivity contribution in [2.75, 3.05) is 0 Å². The minimum Gasteiger partial charge on any atom is -0.461 e. The van der Waals surface area contributed by atoms with E-state index in [0.717, 1.165) is 12.8 Å². The van der Waals surface area contributed by atoms with E-state index in [1.807, 2.05) is 27.7 Å². The molecular weight excluding hydrogens is 380 g/mol. The predicted octanol–water partition coefficient (Wildman–Crippen LogP) is 4.59. The Morgan fingerprint density at radius 1 is 1.33 bits per heavy atom. The van der Waals surface area contributed by atoms with Crippen molar-refractivity contribution < 1.29 is 24.2 Å². The number of carbonyl (C=O) groups is 2. The molecule has 3 rings (SSSR count). The molecule has 0 bridgehead atoms. The fourth-order valence-corrected chi connectivity index (χ4v) is 5.28. The lowest BCUT2D eigenvalue weighted by Crippen LogP contribution is -2.45. The van der Waals surface area contributed by atoms with E-state index >= 15 is 0 Å². The molecule has 1 N–H and O–H groups in total. The van der Waals surface area contributed by atoms with Crippen LogP contribution < -0.4 is 0 Å². The molecule has 5 nitrogen and oxygen atoms in total. The summed E-state index contributed by atoms with van der Waals surface area (Å²) in [6.45, 7) is 12.0. The highest BCUT2D eigenvalue weighted by molar-refractivity contribution is 5.75. The van der Waals surface area contributed by atoms with Crippen LogP contribution in [0.4, 0.5) is 0 Å². The first kappa shape index (κ1) is 23.1. The van der Waals surface area contributed by atoms with Gasteiger partial charge in [0.15, 0.2) is 0 Å². The minimum absolute atomic E-state index is 0.0797. The summed E-state index contributed by atoms with van der Waals surface area (Å²) in [5.74, 6) is 0.667. The van der Waals surface area contributed by atoms with E-state index in [1.54, 1.807) is 0 Å². The molecule has 168 valence electrons. The largest absolute Gasteiger partial charge is 0.461 e. The smallest absolute Gasteiger partial charge is 0.311 e. The van der Waals surface area contributed by atoms with Gasteiger partial charge >= 0.3 is 11.9 Å². The molecule has 1 heterocycles. The van der Waals surface area contributed by atoms with Crippen molar-refractivity contribution in [2.45, 2.75) is 91.5 Å². The number of esters is 2. The molecule has 7 atom stereocenters. The van der Waals surface area contributed by atoms with Crippen LogP contribution in [0.15, 0.2) is 23.8 Å². The first-order valence-electron chi connectivity index (χ1n) is 11.4. The van der Waals surface area contributed by atoms with Crippen LogP contribution in [0, 0.1) is 29.1 Å². The van der Waals surface area contributed by atoms with Crippen molar-refractivity contribution in [3.63, 3.8) is 0 Å². The van der Waals surface area contributed by atoms with E-state index in [9.17, 15) is 14.7 Å². The third-order valence-electron chi connectivity index (χ3n) is 6.90. The Kier molecular flexibility index (Phi) is 6.52. The van der Waals surface area contributed by atoms with Gasteiger partial charge in [-0.2, -0.15) is 0 Å². The molecular formula is C25H38O5. The summed E-state index contributed by atoms with van der Waals surface area (Å²) in [7, 11) is 0. The van der Waals surface area contributed by atoms with E-state index in [2.05, 4.69) is 32.1 Å². The van der Waals surface area contributed by atoms with E-state index < -0.39 is 17.1 Å². The average Bonchev–Trinajstić information content (AvgIpc) is 2.59. The molecule has 5 heteroatoms. The molecule has 0 radical (unpaired) electrons.